The molecule has 4 aromatic rings. The summed E-state index contributed by atoms with van der Waals surface area (Å²) >= 11 is 0. The van der Waals surface area contributed by atoms with E-state index in [0.717, 1.165) is 45.0 Å². The van der Waals surface area contributed by atoms with Gasteiger partial charge in [0.25, 0.3) is 0 Å². The molecular formula is C23H21FN2O. The number of aromatic nitrogens is 2. The molecule has 4 heteroatoms. The Kier molecular flexibility index (Phi) is 4.48. The van der Waals surface area contributed by atoms with Gasteiger partial charge >= 0.3 is 0 Å². The van der Waals surface area contributed by atoms with Crippen molar-refractivity contribution in [2.45, 2.75) is 32.6 Å². The summed E-state index contributed by atoms with van der Waals surface area (Å²) in [5.41, 5.74) is 5.23. The van der Waals surface area contributed by atoms with Crippen molar-refractivity contribution in [2.24, 2.45) is 0 Å². The maximum atomic E-state index is 13.5. The predicted molar refractivity (Wildman–Crippen MR) is 107 cm³/mol. The van der Waals surface area contributed by atoms with Crippen molar-refractivity contribution in [1.82, 2.24) is 9.61 Å². The molecule has 0 spiro atoms. The first-order valence-corrected chi connectivity index (χ1v) is 9.22. The topological polar surface area (TPSA) is 34.4 Å². The van der Waals surface area contributed by atoms with E-state index in [-0.39, 0.29) is 11.7 Å². The Bertz CT molecular complexity index is 1130. The first-order valence-electron chi connectivity index (χ1n) is 9.22. The predicted octanol–water partition coefficient (Wildman–Crippen LogP) is 5.55. The van der Waals surface area contributed by atoms with Crippen LogP contribution in [0, 0.1) is 5.82 Å². The highest BCUT2D eigenvalue weighted by Gasteiger charge is 2.23. The fourth-order valence-corrected chi connectivity index (χ4v) is 3.92. The molecular weight excluding hydrogens is 339 g/mol. The second kappa shape index (κ2) is 6.95. The lowest BCUT2D eigenvalue weighted by Gasteiger charge is -2.09. The number of halogens is 1. The fraction of sp³-hybridized carbons (Fsp3) is 0.217. The minimum Gasteiger partial charge on any atom is -0.303 e. The quantitative estimate of drug-likeness (QED) is 0.437. The number of benzene rings is 2. The number of hydrogen-bond donors (Lipinski definition) is 0. The molecule has 2 aromatic heterocycles. The summed E-state index contributed by atoms with van der Waals surface area (Å²) in [7, 11) is 0. The minimum absolute atomic E-state index is 0.238. The van der Waals surface area contributed by atoms with Crippen molar-refractivity contribution in [3.8, 4) is 11.1 Å². The highest BCUT2D eigenvalue weighted by atomic mass is 19.1. The van der Waals surface area contributed by atoms with Crippen LogP contribution in [0.4, 0.5) is 4.39 Å². The number of carbonyl (C=O) groups is 1. The molecule has 4 rings (SSSR count). The zero-order chi connectivity index (χ0) is 19.0. The molecule has 0 saturated carbocycles. The molecule has 2 aromatic carbocycles. The van der Waals surface area contributed by atoms with Crippen LogP contribution in [-0.2, 0) is 11.2 Å². The Morgan fingerprint density at radius 1 is 1.11 bits per heavy atom. The van der Waals surface area contributed by atoms with Crippen LogP contribution in [0.15, 0.2) is 54.7 Å². The largest absolute Gasteiger partial charge is 0.303 e. The third kappa shape index (κ3) is 2.91. The number of hydrogen-bond acceptors (Lipinski definition) is 2. The van der Waals surface area contributed by atoms with Crippen LogP contribution in [0.2, 0.25) is 0 Å². The molecule has 0 saturated heterocycles. The van der Waals surface area contributed by atoms with Crippen molar-refractivity contribution in [3.05, 3.63) is 71.8 Å². The van der Waals surface area contributed by atoms with Gasteiger partial charge in [0.2, 0.25) is 0 Å². The summed E-state index contributed by atoms with van der Waals surface area (Å²) in [4.78, 5) is 11.1. The second-order valence-corrected chi connectivity index (χ2v) is 7.10. The van der Waals surface area contributed by atoms with E-state index in [1.54, 1.807) is 12.1 Å². The van der Waals surface area contributed by atoms with E-state index in [0.29, 0.717) is 12.8 Å². The third-order valence-electron chi connectivity index (χ3n) is 5.01. The molecule has 0 fully saturated rings. The molecule has 136 valence electrons. The zero-order valence-electron chi connectivity index (χ0n) is 15.4. The summed E-state index contributed by atoms with van der Waals surface area (Å²) in [6, 6.07) is 14.7. The Labute approximate surface area is 157 Å². The summed E-state index contributed by atoms with van der Waals surface area (Å²) < 4.78 is 15.5. The lowest BCUT2D eigenvalue weighted by atomic mass is 9.94. The van der Waals surface area contributed by atoms with Gasteiger partial charge in [-0.25, -0.2) is 8.91 Å². The maximum Gasteiger partial charge on any atom is 0.123 e. The molecule has 0 radical (unpaired) electrons. The van der Waals surface area contributed by atoms with Gasteiger partial charge in [-0.05, 0) is 35.6 Å². The van der Waals surface area contributed by atoms with E-state index in [4.69, 9.17) is 5.10 Å². The SMILES string of the molecule is CC(C)c1c(CCC=O)c(-c2ccc(F)cc2)c2c3ccccc3cnn12. The molecule has 0 aliphatic rings. The summed E-state index contributed by atoms with van der Waals surface area (Å²) in [5.74, 6) is -0.0224. The van der Waals surface area contributed by atoms with Crippen LogP contribution in [0.25, 0.3) is 27.4 Å². The van der Waals surface area contributed by atoms with Crippen molar-refractivity contribution >= 4 is 22.6 Å². The van der Waals surface area contributed by atoms with Gasteiger partial charge < -0.3 is 4.79 Å². The average molecular weight is 360 g/mol. The van der Waals surface area contributed by atoms with Gasteiger partial charge in [0, 0.05) is 28.5 Å². The first kappa shape index (κ1) is 17.4. The van der Waals surface area contributed by atoms with Crippen molar-refractivity contribution in [1.29, 1.82) is 0 Å². The number of fused-ring (bicyclic) bond motifs is 3. The summed E-state index contributed by atoms with van der Waals surface area (Å²) in [6.45, 7) is 4.27. The molecule has 0 bridgehead atoms. The highest BCUT2D eigenvalue weighted by molar-refractivity contribution is 6.04. The van der Waals surface area contributed by atoms with Gasteiger partial charge in [-0.3, -0.25) is 0 Å². The van der Waals surface area contributed by atoms with Crippen LogP contribution < -0.4 is 0 Å². The lowest BCUT2D eigenvalue weighted by Crippen LogP contribution is -2.02. The smallest absolute Gasteiger partial charge is 0.123 e. The van der Waals surface area contributed by atoms with E-state index < -0.39 is 0 Å². The van der Waals surface area contributed by atoms with Crippen molar-refractivity contribution < 1.29 is 9.18 Å². The van der Waals surface area contributed by atoms with Crippen LogP contribution in [0.5, 0.6) is 0 Å². The Morgan fingerprint density at radius 3 is 2.56 bits per heavy atom. The Morgan fingerprint density at radius 2 is 1.85 bits per heavy atom. The minimum atomic E-state index is -0.260. The Balaban J connectivity index is 2.17. The highest BCUT2D eigenvalue weighted by Crippen LogP contribution is 2.39. The lowest BCUT2D eigenvalue weighted by molar-refractivity contribution is -0.107. The standard InChI is InChI=1S/C23H21FN2O/c1-15(2)22-20(8-5-13-27)21(16-9-11-18(24)12-10-16)23-19-7-4-3-6-17(19)14-25-26(22)23/h3-4,6-7,9-15H,5,8H2,1-2H3. The normalized spacial score (nSPS) is 11.6. The molecule has 0 amide bonds. The average Bonchev–Trinajstić information content (AvgIpc) is 3.01. The molecule has 3 nitrogen and oxygen atoms in total. The molecule has 0 atom stereocenters. The number of nitrogens with zero attached hydrogens (tertiary/aromatic N) is 2. The van der Waals surface area contributed by atoms with Gasteiger partial charge in [-0.1, -0.05) is 50.2 Å². The number of aldehydes is 1. The van der Waals surface area contributed by atoms with Gasteiger partial charge in [0.1, 0.15) is 12.1 Å². The van der Waals surface area contributed by atoms with E-state index in [2.05, 4.69) is 19.9 Å². The van der Waals surface area contributed by atoms with E-state index in [1.165, 1.54) is 12.1 Å². The maximum absolute atomic E-state index is 13.5. The number of carbonyl (C=O) groups excluding carboxylic acids is 1. The number of rotatable bonds is 5. The molecule has 0 aliphatic heterocycles. The van der Waals surface area contributed by atoms with E-state index in [9.17, 15) is 9.18 Å². The molecule has 2 heterocycles. The Hall–Kier alpha value is -3.01. The van der Waals surface area contributed by atoms with E-state index >= 15 is 0 Å². The molecule has 0 aliphatic carbocycles. The van der Waals surface area contributed by atoms with Crippen LogP contribution in [0.3, 0.4) is 0 Å². The van der Waals surface area contributed by atoms with E-state index in [1.807, 2.05) is 28.9 Å². The van der Waals surface area contributed by atoms with Gasteiger partial charge in [0.05, 0.1) is 11.7 Å². The van der Waals surface area contributed by atoms with Crippen molar-refractivity contribution in [3.63, 3.8) is 0 Å². The van der Waals surface area contributed by atoms with Crippen molar-refractivity contribution in [2.75, 3.05) is 0 Å². The third-order valence-corrected chi connectivity index (χ3v) is 5.01. The fourth-order valence-electron chi connectivity index (χ4n) is 3.92. The van der Waals surface area contributed by atoms with Crippen LogP contribution in [0.1, 0.15) is 37.4 Å². The van der Waals surface area contributed by atoms with Gasteiger partial charge in [-0.15, -0.1) is 0 Å². The summed E-state index contributed by atoms with van der Waals surface area (Å²) in [6.07, 6.45) is 3.92. The monoisotopic (exact) mass is 360 g/mol. The first-order chi connectivity index (χ1) is 13.1. The zero-order valence-corrected chi connectivity index (χ0v) is 15.4. The second-order valence-electron chi connectivity index (χ2n) is 7.10. The van der Waals surface area contributed by atoms with Gasteiger partial charge in [-0.2, -0.15) is 5.10 Å². The van der Waals surface area contributed by atoms with Crippen LogP contribution >= 0.6 is 0 Å². The molecule has 27 heavy (non-hydrogen) atoms. The van der Waals surface area contributed by atoms with Crippen LogP contribution in [-0.4, -0.2) is 15.9 Å². The summed E-state index contributed by atoms with van der Waals surface area (Å²) in [5, 5.41) is 6.88. The van der Waals surface area contributed by atoms with Gasteiger partial charge in [0.15, 0.2) is 0 Å². The molecule has 0 unspecified atom stereocenters. The molecule has 0 N–H and O–H groups in total.